The van der Waals surface area contributed by atoms with Gasteiger partial charge in [0.2, 0.25) is 11.7 Å². The SMILES string of the molecule is Cc1ccc(-c2c(N)nc(-c3ccnc(-c4nn[nH]n4)c3)nc2OCCO)cc1. The minimum Gasteiger partial charge on any atom is -0.475 e. The molecule has 0 radical (unpaired) electrons. The van der Waals surface area contributed by atoms with Crippen LogP contribution in [0.25, 0.3) is 34.0 Å². The number of benzene rings is 1. The van der Waals surface area contributed by atoms with Crippen LogP contribution in [0.4, 0.5) is 5.82 Å². The standard InChI is InChI=1S/C19H18N8O2/c1-11-2-4-12(5-3-11)15-16(20)22-17(23-19(15)29-9-8-28)13-6-7-21-14(10-13)18-24-26-27-25-18/h2-7,10,28H,8-9H2,1H3,(H2,20,22,23)(H,24,25,26,27). The van der Waals surface area contributed by atoms with Crippen LogP contribution in [-0.2, 0) is 0 Å². The lowest BCUT2D eigenvalue weighted by Gasteiger charge is -2.14. The number of nitrogens with zero attached hydrogens (tertiary/aromatic N) is 6. The number of anilines is 1. The van der Waals surface area contributed by atoms with E-state index >= 15 is 0 Å². The Labute approximate surface area is 165 Å². The Morgan fingerprint density at radius 3 is 2.62 bits per heavy atom. The number of aromatic nitrogens is 7. The number of aryl methyl sites for hydroxylation is 1. The van der Waals surface area contributed by atoms with Crippen LogP contribution in [0.1, 0.15) is 5.56 Å². The minimum atomic E-state index is -0.149. The zero-order chi connectivity index (χ0) is 20.2. The van der Waals surface area contributed by atoms with E-state index in [9.17, 15) is 5.11 Å². The lowest BCUT2D eigenvalue weighted by molar-refractivity contribution is 0.197. The Kier molecular flexibility index (Phi) is 5.08. The van der Waals surface area contributed by atoms with Crippen LogP contribution >= 0.6 is 0 Å². The molecule has 0 amide bonds. The summed E-state index contributed by atoms with van der Waals surface area (Å²) in [6.07, 6.45) is 1.60. The second-order valence-electron chi connectivity index (χ2n) is 6.22. The van der Waals surface area contributed by atoms with Crippen molar-refractivity contribution in [1.82, 2.24) is 35.6 Å². The first-order valence-electron chi connectivity index (χ1n) is 8.84. The number of rotatable bonds is 6. The van der Waals surface area contributed by atoms with Gasteiger partial charge in [0.25, 0.3) is 0 Å². The molecule has 4 N–H and O–H groups in total. The molecule has 29 heavy (non-hydrogen) atoms. The average molecular weight is 390 g/mol. The number of hydrogen-bond acceptors (Lipinski definition) is 9. The van der Waals surface area contributed by atoms with E-state index in [-0.39, 0.29) is 19.0 Å². The van der Waals surface area contributed by atoms with Gasteiger partial charge in [-0.3, -0.25) is 4.98 Å². The summed E-state index contributed by atoms with van der Waals surface area (Å²) in [6, 6.07) is 11.3. The molecule has 4 rings (SSSR count). The van der Waals surface area contributed by atoms with E-state index in [1.54, 1.807) is 18.3 Å². The van der Waals surface area contributed by atoms with E-state index in [0.29, 0.717) is 34.3 Å². The predicted octanol–water partition coefficient (Wildman–Crippen LogP) is 1.65. The molecule has 0 unspecified atom stereocenters. The number of H-pyrrole nitrogens is 1. The lowest BCUT2D eigenvalue weighted by Crippen LogP contribution is -2.08. The van der Waals surface area contributed by atoms with E-state index < -0.39 is 0 Å². The van der Waals surface area contributed by atoms with Gasteiger partial charge in [0.05, 0.1) is 12.2 Å². The highest BCUT2D eigenvalue weighted by molar-refractivity contribution is 5.80. The number of pyridine rings is 1. The third-order valence-corrected chi connectivity index (χ3v) is 4.17. The minimum absolute atomic E-state index is 0.0825. The van der Waals surface area contributed by atoms with Gasteiger partial charge < -0.3 is 15.6 Å². The Balaban J connectivity index is 1.80. The fraction of sp³-hybridized carbons (Fsp3) is 0.158. The van der Waals surface area contributed by atoms with Crippen LogP contribution in [0.15, 0.2) is 42.6 Å². The summed E-state index contributed by atoms with van der Waals surface area (Å²) in [5.41, 5.74) is 9.99. The van der Waals surface area contributed by atoms with Crippen molar-refractivity contribution in [2.45, 2.75) is 6.92 Å². The van der Waals surface area contributed by atoms with Crippen LogP contribution in [0, 0.1) is 6.92 Å². The third-order valence-electron chi connectivity index (χ3n) is 4.17. The molecule has 10 heteroatoms. The lowest BCUT2D eigenvalue weighted by atomic mass is 10.1. The zero-order valence-corrected chi connectivity index (χ0v) is 15.6. The van der Waals surface area contributed by atoms with Crippen molar-refractivity contribution in [2.24, 2.45) is 0 Å². The molecular formula is C19H18N8O2. The molecule has 3 aromatic heterocycles. The van der Waals surface area contributed by atoms with Crippen molar-refractivity contribution in [3.05, 3.63) is 48.2 Å². The van der Waals surface area contributed by atoms with Gasteiger partial charge in [-0.15, -0.1) is 10.2 Å². The van der Waals surface area contributed by atoms with Crippen molar-refractivity contribution in [1.29, 1.82) is 0 Å². The van der Waals surface area contributed by atoms with Gasteiger partial charge in [-0.25, -0.2) is 4.98 Å². The van der Waals surface area contributed by atoms with E-state index in [1.807, 2.05) is 31.2 Å². The molecule has 146 valence electrons. The third kappa shape index (κ3) is 3.87. The Hall–Kier alpha value is -3.92. The summed E-state index contributed by atoms with van der Waals surface area (Å²) in [7, 11) is 0. The second kappa shape index (κ2) is 7.98. The molecule has 0 saturated heterocycles. The van der Waals surface area contributed by atoms with Crippen molar-refractivity contribution in [3.8, 4) is 39.9 Å². The van der Waals surface area contributed by atoms with Gasteiger partial charge in [-0.05, 0) is 29.8 Å². The number of nitrogen functional groups attached to an aromatic ring is 1. The molecule has 10 nitrogen and oxygen atoms in total. The highest BCUT2D eigenvalue weighted by Gasteiger charge is 2.18. The molecule has 3 heterocycles. The summed E-state index contributed by atoms with van der Waals surface area (Å²) in [6.45, 7) is 1.93. The number of aliphatic hydroxyl groups is 1. The predicted molar refractivity (Wildman–Crippen MR) is 106 cm³/mol. The molecule has 0 atom stereocenters. The number of ether oxygens (including phenoxy) is 1. The molecular weight excluding hydrogens is 372 g/mol. The largest absolute Gasteiger partial charge is 0.475 e. The van der Waals surface area contributed by atoms with Crippen molar-refractivity contribution >= 4 is 5.82 Å². The van der Waals surface area contributed by atoms with Gasteiger partial charge in [0, 0.05) is 11.8 Å². The van der Waals surface area contributed by atoms with Gasteiger partial charge in [-0.2, -0.15) is 10.2 Å². The summed E-state index contributed by atoms with van der Waals surface area (Å²) in [5, 5.41) is 23.0. The van der Waals surface area contributed by atoms with Crippen molar-refractivity contribution in [3.63, 3.8) is 0 Å². The Bertz CT molecular complexity index is 1110. The maximum absolute atomic E-state index is 9.19. The molecule has 0 aliphatic rings. The summed E-state index contributed by atoms with van der Waals surface area (Å²) in [5.74, 6) is 1.28. The van der Waals surface area contributed by atoms with E-state index in [1.165, 1.54) is 0 Å². The molecule has 4 aromatic rings. The van der Waals surface area contributed by atoms with Gasteiger partial charge >= 0.3 is 0 Å². The highest BCUT2D eigenvalue weighted by atomic mass is 16.5. The summed E-state index contributed by atoms with van der Waals surface area (Å²) >= 11 is 0. The van der Waals surface area contributed by atoms with Crippen molar-refractivity contribution in [2.75, 3.05) is 18.9 Å². The number of nitrogens with two attached hydrogens (primary N) is 1. The van der Waals surface area contributed by atoms with Gasteiger partial charge in [0.1, 0.15) is 18.1 Å². The van der Waals surface area contributed by atoms with Gasteiger partial charge in [0.15, 0.2) is 5.82 Å². The first kappa shape index (κ1) is 18.4. The second-order valence-corrected chi connectivity index (χ2v) is 6.22. The fourth-order valence-corrected chi connectivity index (χ4v) is 2.79. The molecule has 0 spiro atoms. The first-order chi connectivity index (χ1) is 14.2. The van der Waals surface area contributed by atoms with E-state index in [2.05, 4.69) is 35.6 Å². The van der Waals surface area contributed by atoms with Crippen LogP contribution in [0.2, 0.25) is 0 Å². The molecule has 0 aliphatic carbocycles. The summed E-state index contributed by atoms with van der Waals surface area (Å²) < 4.78 is 5.68. The molecule has 0 saturated carbocycles. The molecule has 0 aliphatic heterocycles. The average Bonchev–Trinajstić information content (AvgIpc) is 3.28. The van der Waals surface area contributed by atoms with E-state index in [4.69, 9.17) is 10.5 Å². The summed E-state index contributed by atoms with van der Waals surface area (Å²) in [4.78, 5) is 13.3. The number of aromatic amines is 1. The number of hydrogen-bond donors (Lipinski definition) is 3. The number of aliphatic hydroxyl groups excluding tert-OH is 1. The van der Waals surface area contributed by atoms with Gasteiger partial charge in [-0.1, -0.05) is 29.8 Å². The first-order valence-corrected chi connectivity index (χ1v) is 8.84. The Morgan fingerprint density at radius 2 is 1.90 bits per heavy atom. The zero-order valence-electron chi connectivity index (χ0n) is 15.6. The maximum Gasteiger partial charge on any atom is 0.227 e. The van der Waals surface area contributed by atoms with Crippen LogP contribution in [0.5, 0.6) is 5.88 Å². The highest BCUT2D eigenvalue weighted by Crippen LogP contribution is 2.35. The quantitative estimate of drug-likeness (QED) is 0.446. The normalized spacial score (nSPS) is 10.8. The maximum atomic E-state index is 9.19. The van der Waals surface area contributed by atoms with Crippen LogP contribution < -0.4 is 10.5 Å². The topological polar surface area (TPSA) is 149 Å². The molecule has 0 fully saturated rings. The fourth-order valence-electron chi connectivity index (χ4n) is 2.79. The monoisotopic (exact) mass is 390 g/mol. The smallest absolute Gasteiger partial charge is 0.227 e. The van der Waals surface area contributed by atoms with Crippen LogP contribution in [0.3, 0.4) is 0 Å². The van der Waals surface area contributed by atoms with Crippen LogP contribution in [-0.4, -0.2) is 53.9 Å². The number of nitrogens with one attached hydrogen (secondary N) is 1. The Morgan fingerprint density at radius 1 is 1.07 bits per heavy atom. The van der Waals surface area contributed by atoms with Crippen molar-refractivity contribution < 1.29 is 9.84 Å². The molecule has 1 aromatic carbocycles. The van der Waals surface area contributed by atoms with E-state index in [0.717, 1.165) is 11.1 Å². The number of tetrazole rings is 1. The molecule has 0 bridgehead atoms.